The number of hydrogen-bond donors (Lipinski definition) is 0. The molecule has 4 rings (SSSR count). The van der Waals surface area contributed by atoms with Gasteiger partial charge >= 0.3 is 0 Å². The minimum atomic E-state index is -0.414. The third kappa shape index (κ3) is 3.57. The van der Waals surface area contributed by atoms with Crippen molar-refractivity contribution >= 4 is 17.5 Å². The number of hydrogen-bond acceptors (Lipinski definition) is 5. The van der Waals surface area contributed by atoms with Crippen LogP contribution in [0.1, 0.15) is 23.3 Å². The maximum Gasteiger partial charge on any atom is 0.272 e. The van der Waals surface area contributed by atoms with Crippen molar-refractivity contribution < 1.29 is 19.1 Å². The Hall–Kier alpha value is -2.93. The molecule has 2 saturated heterocycles. The number of carbonyl (C=O) groups excluding carboxylic acids is 2. The first-order chi connectivity index (χ1) is 13.6. The molecule has 0 unspecified atom stereocenters. The van der Waals surface area contributed by atoms with Crippen molar-refractivity contribution in [2.75, 3.05) is 38.3 Å². The number of nitrogens with zero attached hydrogens (tertiary/aromatic N) is 3. The highest BCUT2D eigenvalue weighted by molar-refractivity contribution is 5.95. The first-order valence-electron chi connectivity index (χ1n) is 9.39. The van der Waals surface area contributed by atoms with E-state index in [2.05, 4.69) is 4.98 Å². The fourth-order valence-corrected chi connectivity index (χ4v) is 3.79. The molecule has 2 aromatic rings. The summed E-state index contributed by atoms with van der Waals surface area (Å²) >= 11 is 0. The Kier molecular flexibility index (Phi) is 5.00. The molecular weight excluding hydrogens is 358 g/mol. The average molecular weight is 381 g/mol. The zero-order chi connectivity index (χ0) is 19.6. The number of likely N-dealkylation sites (tertiary alicyclic amines) is 1. The van der Waals surface area contributed by atoms with E-state index in [0.29, 0.717) is 43.9 Å². The van der Waals surface area contributed by atoms with Crippen LogP contribution in [0.15, 0.2) is 48.7 Å². The summed E-state index contributed by atoms with van der Waals surface area (Å²) in [5.41, 5.74) is 0.845. The normalized spacial score (nSPS) is 19.0. The SMILES string of the molecule is COc1ccnc(C(=O)N2CCC3(CC2)CN(c2ccccc2)C(=O)CO3)c1. The largest absolute Gasteiger partial charge is 0.497 e. The summed E-state index contributed by atoms with van der Waals surface area (Å²) in [6, 6.07) is 13.0. The Morgan fingerprint density at radius 2 is 1.93 bits per heavy atom. The summed E-state index contributed by atoms with van der Waals surface area (Å²) < 4.78 is 11.2. The second-order valence-corrected chi connectivity index (χ2v) is 7.16. The molecular formula is C21H23N3O4. The van der Waals surface area contributed by atoms with Gasteiger partial charge in [0.2, 0.25) is 0 Å². The zero-order valence-corrected chi connectivity index (χ0v) is 15.8. The van der Waals surface area contributed by atoms with E-state index in [0.717, 1.165) is 5.69 Å². The molecule has 0 atom stereocenters. The van der Waals surface area contributed by atoms with Gasteiger partial charge in [-0.2, -0.15) is 0 Å². The van der Waals surface area contributed by atoms with E-state index in [-0.39, 0.29) is 18.4 Å². The van der Waals surface area contributed by atoms with E-state index >= 15 is 0 Å². The second kappa shape index (κ2) is 7.59. The summed E-state index contributed by atoms with van der Waals surface area (Å²) in [5, 5.41) is 0. The Labute approximate surface area is 163 Å². The lowest BCUT2D eigenvalue weighted by molar-refractivity contribution is -0.143. The molecule has 0 aliphatic carbocycles. The summed E-state index contributed by atoms with van der Waals surface area (Å²) in [4.78, 5) is 32.9. The van der Waals surface area contributed by atoms with Crippen LogP contribution in [0.2, 0.25) is 0 Å². The molecule has 2 aliphatic heterocycles. The van der Waals surface area contributed by atoms with Gasteiger partial charge in [-0.15, -0.1) is 0 Å². The van der Waals surface area contributed by atoms with Crippen molar-refractivity contribution in [3.8, 4) is 5.75 Å². The van der Waals surface area contributed by atoms with Gasteiger partial charge in [-0.25, -0.2) is 0 Å². The lowest BCUT2D eigenvalue weighted by Gasteiger charge is -2.46. The predicted molar refractivity (Wildman–Crippen MR) is 103 cm³/mol. The van der Waals surface area contributed by atoms with Crippen LogP contribution in [0, 0.1) is 0 Å². The second-order valence-electron chi connectivity index (χ2n) is 7.16. The van der Waals surface area contributed by atoms with Crippen molar-refractivity contribution in [3.63, 3.8) is 0 Å². The zero-order valence-electron chi connectivity index (χ0n) is 15.8. The Morgan fingerprint density at radius 3 is 2.64 bits per heavy atom. The molecule has 3 heterocycles. The van der Waals surface area contributed by atoms with Crippen LogP contribution in [-0.2, 0) is 9.53 Å². The van der Waals surface area contributed by atoms with Gasteiger partial charge < -0.3 is 19.3 Å². The Balaban J connectivity index is 1.44. The number of benzene rings is 1. The van der Waals surface area contributed by atoms with E-state index in [9.17, 15) is 9.59 Å². The van der Waals surface area contributed by atoms with E-state index < -0.39 is 5.60 Å². The number of aromatic nitrogens is 1. The molecule has 2 fully saturated rings. The molecule has 1 spiro atoms. The molecule has 7 heteroatoms. The first kappa shape index (κ1) is 18.4. The Morgan fingerprint density at radius 1 is 1.18 bits per heavy atom. The van der Waals surface area contributed by atoms with Crippen LogP contribution in [-0.4, -0.2) is 60.7 Å². The smallest absolute Gasteiger partial charge is 0.272 e. The molecule has 2 aliphatic rings. The molecule has 2 amide bonds. The number of para-hydroxylation sites is 1. The molecule has 1 aromatic heterocycles. The van der Waals surface area contributed by atoms with Crippen molar-refractivity contribution in [2.45, 2.75) is 18.4 Å². The minimum absolute atomic E-state index is 0.0316. The lowest BCUT2D eigenvalue weighted by atomic mass is 9.89. The van der Waals surface area contributed by atoms with Gasteiger partial charge in [0.25, 0.3) is 11.8 Å². The number of pyridine rings is 1. The number of piperidine rings is 1. The van der Waals surface area contributed by atoms with Crippen molar-refractivity contribution in [1.82, 2.24) is 9.88 Å². The third-order valence-electron chi connectivity index (χ3n) is 5.47. The number of rotatable bonds is 3. The standard InChI is InChI=1S/C21H23N3O4/c1-27-17-7-10-22-18(13-17)20(26)23-11-8-21(9-12-23)15-24(19(25)14-28-21)16-5-3-2-4-6-16/h2-7,10,13H,8-9,11-12,14-15H2,1H3. The number of amides is 2. The number of carbonyl (C=O) groups is 2. The molecule has 146 valence electrons. The Bertz CT molecular complexity index is 863. The summed E-state index contributed by atoms with van der Waals surface area (Å²) in [7, 11) is 1.56. The topological polar surface area (TPSA) is 72.0 Å². The van der Waals surface area contributed by atoms with Crippen LogP contribution in [0.5, 0.6) is 5.75 Å². The van der Waals surface area contributed by atoms with Gasteiger partial charge in [-0.1, -0.05) is 18.2 Å². The summed E-state index contributed by atoms with van der Waals surface area (Å²) in [6.07, 6.45) is 2.93. The monoisotopic (exact) mass is 381 g/mol. The number of anilines is 1. The highest BCUT2D eigenvalue weighted by Gasteiger charge is 2.43. The molecule has 7 nitrogen and oxygen atoms in total. The fraction of sp³-hybridized carbons (Fsp3) is 0.381. The lowest BCUT2D eigenvalue weighted by Crippen LogP contribution is -2.59. The van der Waals surface area contributed by atoms with Gasteiger partial charge in [0, 0.05) is 31.0 Å². The van der Waals surface area contributed by atoms with Crippen molar-refractivity contribution in [3.05, 3.63) is 54.4 Å². The summed E-state index contributed by atoms with van der Waals surface area (Å²) in [6.45, 7) is 1.71. The minimum Gasteiger partial charge on any atom is -0.497 e. The fourth-order valence-electron chi connectivity index (χ4n) is 3.79. The van der Waals surface area contributed by atoms with Crippen LogP contribution < -0.4 is 9.64 Å². The molecule has 0 saturated carbocycles. The van der Waals surface area contributed by atoms with E-state index in [4.69, 9.17) is 9.47 Å². The number of ether oxygens (including phenoxy) is 2. The summed E-state index contributed by atoms with van der Waals surface area (Å²) in [5.74, 6) is 0.468. The van der Waals surface area contributed by atoms with Crippen molar-refractivity contribution in [1.29, 1.82) is 0 Å². The highest BCUT2D eigenvalue weighted by atomic mass is 16.5. The predicted octanol–water partition coefficient (Wildman–Crippen LogP) is 2.13. The van der Waals surface area contributed by atoms with Gasteiger partial charge in [-0.05, 0) is 31.0 Å². The highest BCUT2D eigenvalue weighted by Crippen LogP contribution is 2.33. The molecule has 1 aromatic carbocycles. The van der Waals surface area contributed by atoms with Gasteiger partial charge in [0.1, 0.15) is 18.1 Å². The maximum absolute atomic E-state index is 12.8. The molecule has 0 N–H and O–H groups in total. The van der Waals surface area contributed by atoms with E-state index in [1.807, 2.05) is 30.3 Å². The quantitative estimate of drug-likeness (QED) is 0.815. The van der Waals surface area contributed by atoms with Crippen LogP contribution >= 0.6 is 0 Å². The van der Waals surface area contributed by atoms with E-state index in [1.165, 1.54) is 0 Å². The first-order valence-corrected chi connectivity index (χ1v) is 9.39. The molecule has 0 bridgehead atoms. The van der Waals surface area contributed by atoms with Gasteiger partial charge in [-0.3, -0.25) is 14.6 Å². The maximum atomic E-state index is 12.8. The number of methoxy groups -OCH3 is 1. The van der Waals surface area contributed by atoms with Crippen LogP contribution in [0.25, 0.3) is 0 Å². The van der Waals surface area contributed by atoms with Gasteiger partial charge in [0.05, 0.1) is 19.3 Å². The third-order valence-corrected chi connectivity index (χ3v) is 5.47. The van der Waals surface area contributed by atoms with Crippen LogP contribution in [0.4, 0.5) is 5.69 Å². The van der Waals surface area contributed by atoms with Crippen molar-refractivity contribution in [2.24, 2.45) is 0 Å². The van der Waals surface area contributed by atoms with Crippen LogP contribution in [0.3, 0.4) is 0 Å². The molecule has 0 radical (unpaired) electrons. The molecule has 28 heavy (non-hydrogen) atoms. The van der Waals surface area contributed by atoms with E-state index in [1.54, 1.807) is 35.2 Å². The van der Waals surface area contributed by atoms with Gasteiger partial charge in [0.15, 0.2) is 0 Å². The average Bonchev–Trinajstić information content (AvgIpc) is 2.76. The number of morpholine rings is 1.